The highest BCUT2D eigenvalue weighted by atomic mass is 35.5. The Hall–Kier alpha value is -0.350. The molecule has 18 heavy (non-hydrogen) atoms. The molecule has 1 N–H and O–H groups in total. The molecule has 0 saturated carbocycles. The minimum absolute atomic E-state index is 0. The summed E-state index contributed by atoms with van der Waals surface area (Å²) in [5.74, 6) is 0. The molecule has 1 heterocycles. The van der Waals surface area contributed by atoms with Gasteiger partial charge in [0.15, 0.2) is 0 Å². The van der Waals surface area contributed by atoms with Gasteiger partial charge in [0.05, 0.1) is 6.67 Å². The van der Waals surface area contributed by atoms with E-state index in [1.807, 2.05) is 24.3 Å². The smallest absolute Gasteiger partial charge is 0.0912 e. The van der Waals surface area contributed by atoms with E-state index in [9.17, 15) is 4.39 Å². The first kappa shape index (κ1) is 15.7. The van der Waals surface area contributed by atoms with Crippen LogP contribution in [0.2, 0.25) is 5.02 Å². The molecule has 102 valence electrons. The first-order chi connectivity index (χ1) is 8.31. The Labute approximate surface area is 119 Å². The highest BCUT2D eigenvalue weighted by Gasteiger charge is 2.21. The molecule has 1 atom stereocenters. The number of piperazine rings is 1. The van der Waals surface area contributed by atoms with Crippen molar-refractivity contribution in [2.75, 3.05) is 32.9 Å². The Morgan fingerprint density at radius 3 is 2.67 bits per heavy atom. The molecule has 2 rings (SSSR count). The van der Waals surface area contributed by atoms with E-state index in [4.69, 9.17) is 11.6 Å². The van der Waals surface area contributed by atoms with Crippen molar-refractivity contribution in [3.8, 4) is 0 Å². The average molecular weight is 293 g/mol. The Bertz CT molecular complexity index is 357. The summed E-state index contributed by atoms with van der Waals surface area (Å²) in [6.45, 7) is 3.60. The van der Waals surface area contributed by atoms with Gasteiger partial charge in [-0.2, -0.15) is 0 Å². The summed E-state index contributed by atoms with van der Waals surface area (Å²) in [5.41, 5.74) is 1.12. The number of halogens is 3. The molecule has 1 aliphatic rings. The van der Waals surface area contributed by atoms with Crippen molar-refractivity contribution in [3.05, 3.63) is 34.9 Å². The van der Waals surface area contributed by atoms with E-state index in [2.05, 4.69) is 10.2 Å². The van der Waals surface area contributed by atoms with E-state index in [-0.39, 0.29) is 25.1 Å². The normalized spacial score (nSPS) is 18.1. The number of benzene rings is 1. The fourth-order valence-electron chi connectivity index (χ4n) is 2.37. The average Bonchev–Trinajstić information content (AvgIpc) is 2.37. The molecule has 0 radical (unpaired) electrons. The van der Waals surface area contributed by atoms with E-state index in [0.29, 0.717) is 6.42 Å². The van der Waals surface area contributed by atoms with Crippen LogP contribution in [0.4, 0.5) is 4.39 Å². The minimum Gasteiger partial charge on any atom is -0.314 e. The molecule has 1 fully saturated rings. The van der Waals surface area contributed by atoms with Crippen molar-refractivity contribution in [2.24, 2.45) is 0 Å². The lowest BCUT2D eigenvalue weighted by Crippen LogP contribution is -2.45. The Kier molecular flexibility index (Phi) is 6.94. The summed E-state index contributed by atoms with van der Waals surface area (Å²) >= 11 is 6.00. The van der Waals surface area contributed by atoms with Crippen molar-refractivity contribution in [1.82, 2.24) is 10.2 Å². The maximum absolute atomic E-state index is 12.7. The van der Waals surface area contributed by atoms with Crippen LogP contribution in [0, 0.1) is 0 Å². The van der Waals surface area contributed by atoms with Crippen molar-refractivity contribution in [3.63, 3.8) is 0 Å². The molecule has 0 aliphatic carbocycles. The van der Waals surface area contributed by atoms with Gasteiger partial charge in [-0.25, -0.2) is 0 Å². The van der Waals surface area contributed by atoms with Crippen LogP contribution in [0.25, 0.3) is 0 Å². The standard InChI is InChI=1S/C13H18ClFN2.ClH/c14-12-3-1-2-11(10-12)13(4-5-15)17-8-6-16-7-9-17;/h1-3,10,13,16H,4-9H2;1H/t13-;/m1./s1. The monoisotopic (exact) mass is 292 g/mol. The lowest BCUT2D eigenvalue weighted by atomic mass is 10.0. The molecule has 0 bridgehead atoms. The van der Waals surface area contributed by atoms with E-state index in [0.717, 1.165) is 36.8 Å². The number of hydrogen-bond acceptors (Lipinski definition) is 2. The van der Waals surface area contributed by atoms with Crippen LogP contribution >= 0.6 is 24.0 Å². The molecule has 0 unspecified atom stereocenters. The predicted octanol–water partition coefficient (Wildman–Crippen LogP) is 3.07. The van der Waals surface area contributed by atoms with Crippen LogP contribution in [0.15, 0.2) is 24.3 Å². The molecule has 0 amide bonds. The zero-order chi connectivity index (χ0) is 12.1. The maximum Gasteiger partial charge on any atom is 0.0912 e. The third-order valence-corrected chi connectivity index (χ3v) is 3.44. The van der Waals surface area contributed by atoms with Crippen LogP contribution in [-0.2, 0) is 0 Å². The number of alkyl halides is 1. The lowest BCUT2D eigenvalue weighted by molar-refractivity contribution is 0.157. The molecule has 1 aliphatic heterocycles. The van der Waals surface area contributed by atoms with Gasteiger partial charge < -0.3 is 5.32 Å². The minimum atomic E-state index is -0.291. The number of nitrogens with zero attached hydrogens (tertiary/aromatic N) is 1. The molecule has 0 spiro atoms. The van der Waals surface area contributed by atoms with Crippen LogP contribution in [0.5, 0.6) is 0 Å². The highest BCUT2D eigenvalue weighted by Crippen LogP contribution is 2.26. The molecular formula is C13H19Cl2FN2. The van der Waals surface area contributed by atoms with Crippen molar-refractivity contribution in [1.29, 1.82) is 0 Å². The van der Waals surface area contributed by atoms with Crippen LogP contribution in [0.1, 0.15) is 18.0 Å². The van der Waals surface area contributed by atoms with Crippen LogP contribution < -0.4 is 5.32 Å². The SMILES string of the molecule is Cl.FCC[C@H](c1cccc(Cl)c1)N1CCNCC1. The van der Waals surface area contributed by atoms with Crippen molar-refractivity contribution < 1.29 is 4.39 Å². The lowest BCUT2D eigenvalue weighted by Gasteiger charge is -2.35. The second-order valence-corrected chi connectivity index (χ2v) is 4.77. The van der Waals surface area contributed by atoms with Gasteiger partial charge in [0.2, 0.25) is 0 Å². The van der Waals surface area contributed by atoms with Gasteiger partial charge in [-0.1, -0.05) is 23.7 Å². The van der Waals surface area contributed by atoms with Crippen molar-refractivity contribution in [2.45, 2.75) is 12.5 Å². The first-order valence-corrected chi connectivity index (χ1v) is 6.45. The fourth-order valence-corrected chi connectivity index (χ4v) is 2.57. The number of hydrogen-bond donors (Lipinski definition) is 1. The van der Waals surface area contributed by atoms with Gasteiger partial charge in [0, 0.05) is 37.2 Å². The zero-order valence-electron chi connectivity index (χ0n) is 10.2. The highest BCUT2D eigenvalue weighted by molar-refractivity contribution is 6.30. The third kappa shape index (κ3) is 4.09. The Morgan fingerprint density at radius 1 is 1.33 bits per heavy atom. The number of rotatable bonds is 4. The molecule has 5 heteroatoms. The summed E-state index contributed by atoms with van der Waals surface area (Å²) in [4.78, 5) is 2.34. The Morgan fingerprint density at radius 2 is 2.06 bits per heavy atom. The second kappa shape index (κ2) is 7.95. The maximum atomic E-state index is 12.7. The summed E-state index contributed by atoms with van der Waals surface area (Å²) in [6, 6.07) is 7.93. The third-order valence-electron chi connectivity index (χ3n) is 3.21. The van der Waals surface area contributed by atoms with E-state index >= 15 is 0 Å². The van der Waals surface area contributed by atoms with Crippen LogP contribution in [0.3, 0.4) is 0 Å². The Balaban J connectivity index is 0.00000162. The number of nitrogens with one attached hydrogen (secondary N) is 1. The summed E-state index contributed by atoms with van der Waals surface area (Å²) in [6.07, 6.45) is 0.542. The van der Waals surface area contributed by atoms with Gasteiger partial charge in [0.1, 0.15) is 0 Å². The topological polar surface area (TPSA) is 15.3 Å². The van der Waals surface area contributed by atoms with Gasteiger partial charge >= 0.3 is 0 Å². The van der Waals surface area contributed by atoms with Gasteiger partial charge in [-0.3, -0.25) is 9.29 Å². The van der Waals surface area contributed by atoms with Crippen LogP contribution in [-0.4, -0.2) is 37.8 Å². The zero-order valence-corrected chi connectivity index (χ0v) is 11.8. The molecule has 2 nitrogen and oxygen atoms in total. The summed E-state index contributed by atoms with van der Waals surface area (Å²) < 4.78 is 12.7. The van der Waals surface area contributed by atoms with Gasteiger partial charge in [-0.05, 0) is 24.1 Å². The molecule has 1 aromatic carbocycles. The molecule has 1 saturated heterocycles. The van der Waals surface area contributed by atoms with Crippen molar-refractivity contribution >= 4 is 24.0 Å². The summed E-state index contributed by atoms with van der Waals surface area (Å²) in [5, 5.41) is 4.04. The van der Waals surface area contributed by atoms with Gasteiger partial charge in [0.25, 0.3) is 0 Å². The molecule has 0 aromatic heterocycles. The first-order valence-electron chi connectivity index (χ1n) is 6.07. The van der Waals surface area contributed by atoms with Gasteiger partial charge in [-0.15, -0.1) is 12.4 Å². The molecular weight excluding hydrogens is 274 g/mol. The molecule has 1 aromatic rings. The summed E-state index contributed by atoms with van der Waals surface area (Å²) in [7, 11) is 0. The second-order valence-electron chi connectivity index (χ2n) is 4.33. The van der Waals surface area contributed by atoms with E-state index < -0.39 is 0 Å². The predicted molar refractivity (Wildman–Crippen MR) is 76.5 cm³/mol. The fraction of sp³-hybridized carbons (Fsp3) is 0.538. The quantitative estimate of drug-likeness (QED) is 0.918. The van der Waals surface area contributed by atoms with E-state index in [1.165, 1.54) is 0 Å². The largest absolute Gasteiger partial charge is 0.314 e. The van der Waals surface area contributed by atoms with E-state index in [1.54, 1.807) is 0 Å².